The molecular weight excluding hydrogens is 328 g/mol. The van der Waals surface area contributed by atoms with Crippen molar-refractivity contribution in [1.29, 1.82) is 0 Å². The molecule has 4 nitrogen and oxygen atoms in total. The van der Waals surface area contributed by atoms with E-state index in [1.54, 1.807) is 0 Å². The lowest BCUT2D eigenvalue weighted by Gasteiger charge is -2.31. The summed E-state index contributed by atoms with van der Waals surface area (Å²) >= 11 is 3.57. The van der Waals surface area contributed by atoms with Gasteiger partial charge in [-0.2, -0.15) is 0 Å². The highest BCUT2D eigenvalue weighted by Crippen LogP contribution is 2.22. The van der Waals surface area contributed by atoms with Crippen molar-refractivity contribution in [3.63, 3.8) is 0 Å². The average Bonchev–Trinajstić information content (AvgIpc) is 2.26. The number of halogens is 1. The van der Waals surface area contributed by atoms with Gasteiger partial charge in [-0.15, -0.1) is 0 Å². The monoisotopic (exact) mass is 356 g/mol. The van der Waals surface area contributed by atoms with Crippen LogP contribution in [0.4, 0.5) is 0 Å². The molecule has 0 saturated heterocycles. The fourth-order valence-corrected chi connectivity index (χ4v) is 4.59. The third kappa shape index (κ3) is 9.15. The van der Waals surface area contributed by atoms with Crippen LogP contribution in [0.5, 0.6) is 0 Å². The van der Waals surface area contributed by atoms with Gasteiger partial charge in [-0.25, -0.2) is 0 Å². The van der Waals surface area contributed by atoms with E-state index >= 15 is 0 Å². The maximum absolute atomic E-state index is 5.85. The van der Waals surface area contributed by atoms with Crippen LogP contribution >= 0.6 is 15.9 Å². The zero-order chi connectivity index (χ0) is 14.9. The lowest BCUT2D eigenvalue weighted by molar-refractivity contribution is 0.0286. The Kier molecular flexibility index (Phi) is 9.74. The van der Waals surface area contributed by atoms with Crippen LogP contribution in [-0.2, 0) is 18.0 Å². The van der Waals surface area contributed by atoms with Gasteiger partial charge in [-0.05, 0) is 41.5 Å². The predicted molar refractivity (Wildman–Crippen MR) is 83.9 cm³/mol. The Morgan fingerprint density at radius 1 is 1.00 bits per heavy atom. The summed E-state index contributed by atoms with van der Waals surface area (Å²) in [6, 6.07) is 0.686. The molecule has 0 aromatic heterocycles. The lowest BCUT2D eigenvalue weighted by atomic mass is 10.2. The van der Waals surface area contributed by atoms with Gasteiger partial charge in [0.2, 0.25) is 0 Å². The largest absolute Gasteiger partial charge is 0.503 e. The van der Waals surface area contributed by atoms with Gasteiger partial charge in [0.15, 0.2) is 0 Å². The van der Waals surface area contributed by atoms with E-state index in [1.807, 2.05) is 27.7 Å². The number of hydrogen-bond donors (Lipinski definition) is 0. The first-order chi connectivity index (χ1) is 8.78. The summed E-state index contributed by atoms with van der Waals surface area (Å²) in [7, 11) is -2.60. The zero-order valence-corrected chi connectivity index (χ0v) is 15.7. The Morgan fingerprint density at radius 3 is 1.74 bits per heavy atom. The van der Waals surface area contributed by atoms with Gasteiger partial charge >= 0.3 is 8.80 Å². The molecule has 0 heterocycles. The number of ether oxygens (including phenoxy) is 1. The van der Waals surface area contributed by atoms with E-state index in [1.165, 1.54) is 0 Å². The van der Waals surface area contributed by atoms with Gasteiger partial charge in [-0.3, -0.25) is 0 Å². The minimum atomic E-state index is -2.60. The smallest absolute Gasteiger partial charge is 0.377 e. The number of alkyl halides is 1. The van der Waals surface area contributed by atoms with E-state index in [0.29, 0.717) is 32.5 Å². The Bertz CT molecular complexity index is 216. The summed E-state index contributed by atoms with van der Waals surface area (Å²) in [5, 5.41) is 0. The summed E-state index contributed by atoms with van der Waals surface area (Å²) < 4.78 is 23.3. The van der Waals surface area contributed by atoms with Gasteiger partial charge in [-0.1, -0.05) is 15.9 Å². The Labute approximate surface area is 127 Å². The minimum Gasteiger partial charge on any atom is -0.377 e. The Hall–Kier alpha value is 0.537. The molecule has 0 aliphatic carbocycles. The zero-order valence-electron chi connectivity index (χ0n) is 13.1. The van der Waals surface area contributed by atoms with Crippen molar-refractivity contribution in [3.8, 4) is 0 Å². The highest BCUT2D eigenvalue weighted by Gasteiger charge is 2.42. The van der Waals surface area contributed by atoms with Crippen LogP contribution in [0.15, 0.2) is 0 Å². The molecule has 0 saturated carbocycles. The van der Waals surface area contributed by atoms with Gasteiger partial charge < -0.3 is 18.0 Å². The molecule has 1 atom stereocenters. The van der Waals surface area contributed by atoms with Crippen molar-refractivity contribution in [3.05, 3.63) is 0 Å². The van der Waals surface area contributed by atoms with Crippen molar-refractivity contribution in [2.45, 2.75) is 58.0 Å². The van der Waals surface area contributed by atoms with Gasteiger partial charge in [0, 0.05) is 30.2 Å². The second kappa shape index (κ2) is 9.47. The fraction of sp³-hybridized carbons (Fsp3) is 1.00. The maximum atomic E-state index is 5.85. The van der Waals surface area contributed by atoms with Gasteiger partial charge in [0.05, 0.1) is 12.7 Å². The Balaban J connectivity index is 4.51. The molecule has 0 amide bonds. The molecule has 0 rings (SSSR count). The molecular formula is C13H29BrO4Si. The highest BCUT2D eigenvalue weighted by atomic mass is 79.9. The normalized spacial score (nSPS) is 14.7. The minimum absolute atomic E-state index is 0.0195. The summed E-state index contributed by atoms with van der Waals surface area (Å²) in [5.41, 5.74) is 0. The highest BCUT2D eigenvalue weighted by molar-refractivity contribution is 9.10. The van der Waals surface area contributed by atoms with E-state index in [2.05, 4.69) is 29.8 Å². The van der Waals surface area contributed by atoms with Crippen LogP contribution in [0.2, 0.25) is 6.04 Å². The van der Waals surface area contributed by atoms with Crippen molar-refractivity contribution >= 4 is 24.7 Å². The molecule has 19 heavy (non-hydrogen) atoms. The Morgan fingerprint density at radius 2 is 1.42 bits per heavy atom. The second-order valence-electron chi connectivity index (χ2n) is 5.03. The molecule has 0 aromatic carbocycles. The third-order valence-corrected chi connectivity index (χ3v) is 5.83. The average molecular weight is 357 g/mol. The molecule has 0 N–H and O–H groups in total. The second-order valence-corrected chi connectivity index (χ2v) is 9.81. The van der Waals surface area contributed by atoms with E-state index < -0.39 is 8.80 Å². The van der Waals surface area contributed by atoms with E-state index in [-0.39, 0.29) is 10.4 Å². The molecule has 1 unspecified atom stereocenters. The van der Waals surface area contributed by atoms with Crippen LogP contribution < -0.4 is 0 Å². The molecule has 6 heteroatoms. The predicted octanol–water partition coefficient (Wildman–Crippen LogP) is 3.61. The van der Waals surface area contributed by atoms with E-state index in [0.717, 1.165) is 0 Å². The summed E-state index contributed by atoms with van der Waals surface area (Å²) in [5.74, 6) is 0. The first kappa shape index (κ1) is 19.5. The maximum Gasteiger partial charge on any atom is 0.503 e. The quantitative estimate of drug-likeness (QED) is 0.418. The molecule has 0 aromatic rings. The van der Waals surface area contributed by atoms with Crippen LogP contribution in [-0.4, -0.2) is 45.7 Å². The van der Waals surface area contributed by atoms with Crippen LogP contribution in [0.1, 0.15) is 41.5 Å². The SMILES string of the molecule is CCO[Si](CC(C)OCC(C)(C)Br)(OCC)OCC. The van der Waals surface area contributed by atoms with Crippen molar-refractivity contribution in [2.24, 2.45) is 0 Å². The number of hydrogen-bond acceptors (Lipinski definition) is 4. The van der Waals surface area contributed by atoms with Gasteiger partial charge in [0.1, 0.15) is 0 Å². The molecule has 0 fully saturated rings. The van der Waals surface area contributed by atoms with Gasteiger partial charge in [0.25, 0.3) is 0 Å². The van der Waals surface area contributed by atoms with E-state index in [9.17, 15) is 0 Å². The number of rotatable bonds is 11. The standard InChI is InChI=1S/C13H29BrO4Si/c1-7-16-19(17-8-2,18-9-3)10-12(4)15-11-13(5,6)14/h12H,7-11H2,1-6H3. The molecule has 0 aliphatic heterocycles. The third-order valence-electron chi connectivity index (χ3n) is 2.34. The van der Waals surface area contributed by atoms with Crippen LogP contribution in [0.25, 0.3) is 0 Å². The topological polar surface area (TPSA) is 36.9 Å². The first-order valence-corrected chi connectivity index (χ1v) is 9.73. The molecule has 0 radical (unpaired) electrons. The van der Waals surface area contributed by atoms with E-state index in [4.69, 9.17) is 18.0 Å². The molecule has 0 spiro atoms. The molecule has 116 valence electrons. The van der Waals surface area contributed by atoms with Crippen LogP contribution in [0.3, 0.4) is 0 Å². The molecule has 0 aliphatic rings. The molecule has 0 bridgehead atoms. The fourth-order valence-electron chi connectivity index (χ4n) is 1.71. The first-order valence-electron chi connectivity index (χ1n) is 7.01. The summed E-state index contributed by atoms with van der Waals surface area (Å²) in [4.78, 5) is 0. The summed E-state index contributed by atoms with van der Waals surface area (Å²) in [6.07, 6.45) is 0.0492. The van der Waals surface area contributed by atoms with Crippen molar-refractivity contribution in [1.82, 2.24) is 0 Å². The summed E-state index contributed by atoms with van der Waals surface area (Å²) in [6.45, 7) is 14.5. The lowest BCUT2D eigenvalue weighted by Crippen LogP contribution is -2.48. The van der Waals surface area contributed by atoms with Crippen LogP contribution in [0, 0.1) is 0 Å². The van der Waals surface area contributed by atoms with Crippen molar-refractivity contribution in [2.75, 3.05) is 26.4 Å². The van der Waals surface area contributed by atoms with Crippen molar-refractivity contribution < 1.29 is 18.0 Å².